The second-order valence-electron chi connectivity index (χ2n) is 4.34. The fraction of sp³-hybridized carbons (Fsp3) is 0.467. The first-order valence-corrected chi connectivity index (χ1v) is 7.17. The van der Waals surface area contributed by atoms with E-state index in [9.17, 15) is 0 Å². The van der Waals surface area contributed by atoms with Crippen molar-refractivity contribution in [2.75, 3.05) is 13.7 Å². The second kappa shape index (κ2) is 8.33. The third-order valence-corrected chi connectivity index (χ3v) is 3.34. The van der Waals surface area contributed by atoms with Crippen LogP contribution in [0.25, 0.3) is 0 Å². The van der Waals surface area contributed by atoms with E-state index in [1.807, 2.05) is 18.2 Å². The van der Waals surface area contributed by atoms with Gasteiger partial charge in [0.05, 0.1) is 7.11 Å². The highest BCUT2D eigenvalue weighted by Crippen LogP contribution is 2.24. The Morgan fingerprint density at radius 3 is 2.89 bits per heavy atom. The van der Waals surface area contributed by atoms with Crippen molar-refractivity contribution >= 4 is 15.9 Å². The van der Waals surface area contributed by atoms with Crippen molar-refractivity contribution in [1.29, 1.82) is 0 Å². The molecule has 0 heterocycles. The van der Waals surface area contributed by atoms with E-state index in [-0.39, 0.29) is 0 Å². The summed E-state index contributed by atoms with van der Waals surface area (Å²) in [7, 11) is 1.72. The van der Waals surface area contributed by atoms with Gasteiger partial charge in [-0.15, -0.1) is 6.58 Å². The van der Waals surface area contributed by atoms with E-state index in [1.165, 1.54) is 5.56 Å². The summed E-state index contributed by atoms with van der Waals surface area (Å²) in [5.74, 6) is 0.950. The minimum absolute atomic E-state index is 0.422. The molecule has 0 bridgehead atoms. The molecular formula is C15H22BrNO. The number of methoxy groups -OCH3 is 1. The van der Waals surface area contributed by atoms with Gasteiger partial charge in [0.15, 0.2) is 0 Å². The molecule has 0 saturated heterocycles. The molecule has 0 amide bonds. The van der Waals surface area contributed by atoms with Gasteiger partial charge >= 0.3 is 0 Å². The molecule has 0 radical (unpaired) electrons. The number of halogens is 1. The van der Waals surface area contributed by atoms with Crippen molar-refractivity contribution in [2.24, 2.45) is 0 Å². The molecule has 18 heavy (non-hydrogen) atoms. The Morgan fingerprint density at radius 1 is 1.50 bits per heavy atom. The molecule has 1 aromatic carbocycles. The molecule has 1 rings (SSSR count). The summed E-state index contributed by atoms with van der Waals surface area (Å²) in [6, 6.07) is 6.56. The summed E-state index contributed by atoms with van der Waals surface area (Å²) in [5.41, 5.74) is 1.22. The Labute approximate surface area is 119 Å². The highest BCUT2D eigenvalue weighted by molar-refractivity contribution is 9.10. The molecule has 3 heteroatoms. The number of ether oxygens (including phenoxy) is 1. The zero-order valence-corrected chi connectivity index (χ0v) is 12.8. The van der Waals surface area contributed by atoms with Gasteiger partial charge in [-0.25, -0.2) is 0 Å². The lowest BCUT2D eigenvalue weighted by Crippen LogP contribution is -2.31. The van der Waals surface area contributed by atoms with Crippen LogP contribution in [0.5, 0.6) is 5.75 Å². The Kier molecular flexibility index (Phi) is 7.06. The van der Waals surface area contributed by atoms with E-state index in [1.54, 1.807) is 7.11 Å². The molecule has 0 saturated carbocycles. The lowest BCUT2D eigenvalue weighted by Gasteiger charge is -2.18. The average Bonchev–Trinajstić information content (AvgIpc) is 2.36. The van der Waals surface area contributed by atoms with Gasteiger partial charge in [0, 0.05) is 10.5 Å². The van der Waals surface area contributed by atoms with E-state index in [0.717, 1.165) is 36.0 Å². The minimum atomic E-state index is 0.422. The Balaban J connectivity index is 2.77. The van der Waals surface area contributed by atoms with Crippen molar-refractivity contribution in [3.63, 3.8) is 0 Å². The second-order valence-corrected chi connectivity index (χ2v) is 5.25. The summed E-state index contributed by atoms with van der Waals surface area (Å²) in [6.45, 7) is 7.04. The molecule has 100 valence electrons. The number of hydrogen-bond donors (Lipinski definition) is 1. The van der Waals surface area contributed by atoms with Gasteiger partial charge in [-0.3, -0.25) is 0 Å². The highest BCUT2D eigenvalue weighted by Gasteiger charge is 2.11. The molecule has 0 aromatic heterocycles. The number of rotatable bonds is 8. The number of hydrogen-bond acceptors (Lipinski definition) is 2. The molecule has 1 atom stereocenters. The molecule has 0 fully saturated rings. The van der Waals surface area contributed by atoms with E-state index in [0.29, 0.717) is 6.04 Å². The van der Waals surface area contributed by atoms with Crippen molar-refractivity contribution in [3.8, 4) is 5.75 Å². The zero-order chi connectivity index (χ0) is 13.4. The first-order valence-electron chi connectivity index (χ1n) is 6.38. The van der Waals surface area contributed by atoms with E-state index in [2.05, 4.69) is 40.8 Å². The maximum Gasteiger partial charge on any atom is 0.122 e. The Morgan fingerprint density at radius 2 is 2.28 bits per heavy atom. The third kappa shape index (κ3) is 4.83. The van der Waals surface area contributed by atoms with Crippen molar-refractivity contribution in [1.82, 2.24) is 5.32 Å². The molecule has 0 aliphatic carbocycles. The van der Waals surface area contributed by atoms with Crippen LogP contribution in [0.2, 0.25) is 0 Å². The van der Waals surface area contributed by atoms with Gasteiger partial charge in [0.2, 0.25) is 0 Å². The van der Waals surface area contributed by atoms with Crippen LogP contribution in [-0.4, -0.2) is 19.7 Å². The molecular weight excluding hydrogens is 290 g/mol. The van der Waals surface area contributed by atoms with Crippen molar-refractivity contribution in [3.05, 3.63) is 40.9 Å². The first kappa shape index (κ1) is 15.3. The van der Waals surface area contributed by atoms with Crippen molar-refractivity contribution in [2.45, 2.75) is 32.2 Å². The normalized spacial score (nSPS) is 12.2. The van der Waals surface area contributed by atoms with Gasteiger partial charge < -0.3 is 10.1 Å². The quantitative estimate of drug-likeness (QED) is 0.734. The fourth-order valence-corrected chi connectivity index (χ4v) is 2.37. The fourth-order valence-electron chi connectivity index (χ4n) is 1.96. The predicted molar refractivity (Wildman–Crippen MR) is 81.3 cm³/mol. The third-order valence-electron chi connectivity index (χ3n) is 2.84. The molecule has 1 unspecified atom stereocenters. The highest BCUT2D eigenvalue weighted by atomic mass is 79.9. The number of benzene rings is 1. The summed E-state index contributed by atoms with van der Waals surface area (Å²) in [6.07, 6.45) is 5.03. The van der Waals surface area contributed by atoms with Crippen LogP contribution in [0.4, 0.5) is 0 Å². The summed E-state index contributed by atoms with van der Waals surface area (Å²) >= 11 is 3.51. The van der Waals surface area contributed by atoms with Crippen LogP contribution >= 0.6 is 15.9 Å². The van der Waals surface area contributed by atoms with Crippen LogP contribution < -0.4 is 10.1 Å². The van der Waals surface area contributed by atoms with Crippen molar-refractivity contribution < 1.29 is 4.74 Å². The van der Waals surface area contributed by atoms with E-state index in [4.69, 9.17) is 4.74 Å². The van der Waals surface area contributed by atoms with Gasteiger partial charge in [0.1, 0.15) is 5.75 Å². The van der Waals surface area contributed by atoms with Crippen LogP contribution in [0.3, 0.4) is 0 Å². The van der Waals surface area contributed by atoms with Crippen LogP contribution in [-0.2, 0) is 6.42 Å². The number of nitrogens with one attached hydrogen (secondary N) is 1. The maximum atomic E-state index is 5.41. The van der Waals surface area contributed by atoms with Crippen LogP contribution in [0, 0.1) is 0 Å². The summed E-state index contributed by atoms with van der Waals surface area (Å²) in [5, 5.41) is 3.55. The largest absolute Gasteiger partial charge is 0.496 e. The monoisotopic (exact) mass is 311 g/mol. The molecule has 1 N–H and O–H groups in total. The van der Waals surface area contributed by atoms with Gasteiger partial charge in [-0.1, -0.05) is 28.9 Å². The van der Waals surface area contributed by atoms with E-state index < -0.39 is 0 Å². The molecule has 0 spiro atoms. The SMILES string of the molecule is C=CCC(Cc1cc(Br)ccc1OC)NCCC. The average molecular weight is 312 g/mol. The molecule has 0 aliphatic heterocycles. The van der Waals surface area contributed by atoms with Gasteiger partial charge in [0.25, 0.3) is 0 Å². The minimum Gasteiger partial charge on any atom is -0.496 e. The summed E-state index contributed by atoms with van der Waals surface area (Å²) < 4.78 is 6.50. The lowest BCUT2D eigenvalue weighted by atomic mass is 10.0. The topological polar surface area (TPSA) is 21.3 Å². The van der Waals surface area contributed by atoms with Gasteiger partial charge in [-0.05, 0) is 49.6 Å². The molecule has 2 nitrogen and oxygen atoms in total. The maximum absolute atomic E-state index is 5.41. The zero-order valence-electron chi connectivity index (χ0n) is 11.2. The smallest absolute Gasteiger partial charge is 0.122 e. The lowest BCUT2D eigenvalue weighted by molar-refractivity contribution is 0.404. The van der Waals surface area contributed by atoms with Crippen LogP contribution in [0.15, 0.2) is 35.3 Å². The predicted octanol–water partition coefficient (Wildman–Crippen LogP) is 3.94. The first-order chi connectivity index (χ1) is 8.71. The standard InChI is InChI=1S/C15H22BrNO/c1-4-6-14(17-9-5-2)11-12-10-13(16)7-8-15(12)18-3/h4,7-8,10,14,17H,1,5-6,9,11H2,2-3H3. The molecule has 0 aliphatic rings. The Bertz CT molecular complexity index is 379. The Hall–Kier alpha value is -0.800. The van der Waals surface area contributed by atoms with Crippen LogP contribution in [0.1, 0.15) is 25.3 Å². The van der Waals surface area contributed by atoms with Gasteiger partial charge in [-0.2, -0.15) is 0 Å². The summed E-state index contributed by atoms with van der Waals surface area (Å²) in [4.78, 5) is 0. The molecule has 1 aromatic rings. The van der Waals surface area contributed by atoms with E-state index >= 15 is 0 Å².